The third kappa shape index (κ3) is 2.95. The second kappa shape index (κ2) is 5.77. The van der Waals surface area contributed by atoms with Gasteiger partial charge in [0.15, 0.2) is 0 Å². The van der Waals surface area contributed by atoms with Crippen LogP contribution in [0, 0.1) is 6.92 Å². The van der Waals surface area contributed by atoms with Gasteiger partial charge in [-0.3, -0.25) is 4.79 Å². The first-order valence-electron chi connectivity index (χ1n) is 5.93. The zero-order chi connectivity index (χ0) is 13.0. The minimum absolute atomic E-state index is 0.00623. The lowest BCUT2D eigenvalue weighted by molar-refractivity contribution is 0.717. The minimum atomic E-state index is -0.00623. The number of nitrogens with zero attached hydrogens (tertiary/aromatic N) is 3. The highest BCUT2D eigenvalue weighted by Gasteiger charge is 2.06. The summed E-state index contributed by atoms with van der Waals surface area (Å²) in [5, 5.41) is 13.0. The van der Waals surface area contributed by atoms with Crippen LogP contribution in [0.15, 0.2) is 23.0 Å². The van der Waals surface area contributed by atoms with Crippen LogP contribution in [0.4, 0.5) is 5.13 Å². The predicted octanol–water partition coefficient (Wildman–Crippen LogP) is 1.88. The van der Waals surface area contributed by atoms with E-state index in [1.807, 2.05) is 13.0 Å². The molecule has 18 heavy (non-hydrogen) atoms. The molecule has 0 unspecified atom stereocenters. The zero-order valence-corrected chi connectivity index (χ0v) is 11.3. The summed E-state index contributed by atoms with van der Waals surface area (Å²) in [6.45, 7) is 5.39. The van der Waals surface area contributed by atoms with Gasteiger partial charge in [-0.2, -0.15) is 0 Å². The molecule has 0 bridgehead atoms. The Morgan fingerprint density at radius 2 is 2.22 bits per heavy atom. The van der Waals surface area contributed by atoms with E-state index in [2.05, 4.69) is 22.4 Å². The van der Waals surface area contributed by atoms with Gasteiger partial charge in [0.2, 0.25) is 5.13 Å². The fourth-order valence-corrected chi connectivity index (χ4v) is 2.34. The van der Waals surface area contributed by atoms with Gasteiger partial charge in [0, 0.05) is 18.3 Å². The Morgan fingerprint density at radius 3 is 2.94 bits per heavy atom. The van der Waals surface area contributed by atoms with Gasteiger partial charge >= 0.3 is 0 Å². The molecule has 0 aliphatic rings. The van der Waals surface area contributed by atoms with Crippen molar-refractivity contribution in [2.75, 3.05) is 11.9 Å². The van der Waals surface area contributed by atoms with Crippen molar-refractivity contribution in [3.63, 3.8) is 0 Å². The topological polar surface area (TPSA) is 59.8 Å². The fourth-order valence-electron chi connectivity index (χ4n) is 1.58. The van der Waals surface area contributed by atoms with Gasteiger partial charge in [0.1, 0.15) is 5.01 Å². The SMILES string of the molecule is CCCNc1nnc(Cn2c(C)cccc2=O)s1. The summed E-state index contributed by atoms with van der Waals surface area (Å²) in [7, 11) is 0. The Morgan fingerprint density at radius 1 is 1.39 bits per heavy atom. The average Bonchev–Trinajstić information content (AvgIpc) is 2.79. The molecule has 0 radical (unpaired) electrons. The maximum absolute atomic E-state index is 11.7. The Balaban J connectivity index is 2.14. The van der Waals surface area contributed by atoms with Crippen LogP contribution in [0.25, 0.3) is 0 Å². The van der Waals surface area contributed by atoms with Crippen molar-refractivity contribution in [1.29, 1.82) is 0 Å². The van der Waals surface area contributed by atoms with Crippen LogP contribution >= 0.6 is 11.3 Å². The molecule has 0 aliphatic heterocycles. The molecule has 0 aliphatic carbocycles. The average molecular weight is 264 g/mol. The number of aryl methyl sites for hydroxylation is 1. The third-order valence-corrected chi connectivity index (χ3v) is 3.42. The van der Waals surface area contributed by atoms with Gasteiger partial charge in [0.25, 0.3) is 5.56 Å². The van der Waals surface area contributed by atoms with Crippen LogP contribution in [-0.4, -0.2) is 21.3 Å². The highest BCUT2D eigenvalue weighted by molar-refractivity contribution is 7.15. The van der Waals surface area contributed by atoms with Crippen molar-refractivity contribution in [1.82, 2.24) is 14.8 Å². The van der Waals surface area contributed by atoms with E-state index in [9.17, 15) is 4.79 Å². The predicted molar refractivity (Wildman–Crippen MR) is 73.2 cm³/mol. The van der Waals surface area contributed by atoms with E-state index < -0.39 is 0 Å². The summed E-state index contributed by atoms with van der Waals surface area (Å²) in [6.07, 6.45) is 1.05. The first-order valence-corrected chi connectivity index (χ1v) is 6.75. The van der Waals surface area contributed by atoms with Crippen molar-refractivity contribution >= 4 is 16.5 Å². The van der Waals surface area contributed by atoms with E-state index in [4.69, 9.17) is 0 Å². The monoisotopic (exact) mass is 264 g/mol. The van der Waals surface area contributed by atoms with E-state index in [1.165, 1.54) is 11.3 Å². The number of hydrogen-bond acceptors (Lipinski definition) is 5. The molecule has 2 rings (SSSR count). The van der Waals surface area contributed by atoms with Gasteiger partial charge in [-0.15, -0.1) is 10.2 Å². The molecule has 0 aromatic carbocycles. The smallest absolute Gasteiger partial charge is 0.251 e. The number of hydrogen-bond donors (Lipinski definition) is 1. The number of nitrogens with one attached hydrogen (secondary N) is 1. The lowest BCUT2D eigenvalue weighted by atomic mass is 10.3. The van der Waals surface area contributed by atoms with Crippen LogP contribution in [-0.2, 0) is 6.54 Å². The molecule has 2 aromatic rings. The third-order valence-electron chi connectivity index (χ3n) is 2.55. The van der Waals surface area contributed by atoms with Gasteiger partial charge in [-0.1, -0.05) is 24.3 Å². The second-order valence-corrected chi connectivity index (χ2v) is 5.08. The van der Waals surface area contributed by atoms with E-state index >= 15 is 0 Å². The summed E-state index contributed by atoms with van der Waals surface area (Å²) in [5.74, 6) is 0. The molecule has 0 fully saturated rings. The lowest BCUT2D eigenvalue weighted by Crippen LogP contribution is -2.21. The molecule has 0 saturated carbocycles. The van der Waals surface area contributed by atoms with Crippen LogP contribution in [0.2, 0.25) is 0 Å². The largest absolute Gasteiger partial charge is 0.360 e. The Kier molecular flexibility index (Phi) is 4.09. The molecule has 5 nitrogen and oxygen atoms in total. The Labute approximate surface area is 110 Å². The zero-order valence-electron chi connectivity index (χ0n) is 10.5. The van der Waals surface area contributed by atoms with Crippen molar-refractivity contribution < 1.29 is 0 Å². The fraction of sp³-hybridized carbons (Fsp3) is 0.417. The molecule has 0 spiro atoms. The molecule has 0 amide bonds. The maximum Gasteiger partial charge on any atom is 0.251 e. The first-order chi connectivity index (χ1) is 8.70. The van der Waals surface area contributed by atoms with Crippen molar-refractivity contribution in [2.24, 2.45) is 0 Å². The minimum Gasteiger partial charge on any atom is -0.360 e. The van der Waals surface area contributed by atoms with Crippen molar-refractivity contribution in [3.05, 3.63) is 39.3 Å². The number of aromatic nitrogens is 3. The quantitative estimate of drug-likeness (QED) is 0.895. The summed E-state index contributed by atoms with van der Waals surface area (Å²) < 4.78 is 1.70. The molecule has 6 heteroatoms. The van der Waals surface area contributed by atoms with Gasteiger partial charge in [-0.05, 0) is 19.4 Å². The number of anilines is 1. The number of pyridine rings is 1. The Bertz CT molecular complexity index is 575. The normalized spacial score (nSPS) is 10.6. The lowest BCUT2D eigenvalue weighted by Gasteiger charge is -2.05. The Hall–Kier alpha value is -1.69. The summed E-state index contributed by atoms with van der Waals surface area (Å²) in [5.41, 5.74) is 0.925. The van der Waals surface area contributed by atoms with Crippen molar-refractivity contribution in [2.45, 2.75) is 26.8 Å². The van der Waals surface area contributed by atoms with Crippen LogP contribution in [0.3, 0.4) is 0 Å². The summed E-state index contributed by atoms with van der Waals surface area (Å²) in [6, 6.07) is 5.24. The van der Waals surface area contributed by atoms with Gasteiger partial charge in [0.05, 0.1) is 6.54 Å². The van der Waals surface area contributed by atoms with E-state index in [-0.39, 0.29) is 5.56 Å². The first kappa shape index (κ1) is 12.8. The maximum atomic E-state index is 11.7. The molecular weight excluding hydrogens is 248 g/mol. The summed E-state index contributed by atoms with van der Waals surface area (Å²) in [4.78, 5) is 11.7. The van der Waals surface area contributed by atoms with Gasteiger partial charge in [-0.25, -0.2) is 0 Å². The van der Waals surface area contributed by atoms with Crippen LogP contribution in [0.1, 0.15) is 24.0 Å². The molecule has 2 heterocycles. The van der Waals surface area contributed by atoms with Crippen LogP contribution in [0.5, 0.6) is 0 Å². The van der Waals surface area contributed by atoms with Crippen molar-refractivity contribution in [3.8, 4) is 0 Å². The summed E-state index contributed by atoms with van der Waals surface area (Å²) >= 11 is 1.49. The molecule has 2 aromatic heterocycles. The molecule has 0 saturated heterocycles. The molecule has 1 N–H and O–H groups in total. The second-order valence-electron chi connectivity index (χ2n) is 4.02. The van der Waals surface area contributed by atoms with E-state index in [0.29, 0.717) is 6.54 Å². The molecule has 0 atom stereocenters. The highest BCUT2D eigenvalue weighted by atomic mass is 32.1. The number of rotatable bonds is 5. The van der Waals surface area contributed by atoms with E-state index in [1.54, 1.807) is 16.7 Å². The standard InChI is InChI=1S/C12H16N4OS/c1-3-7-13-12-15-14-10(18-12)8-16-9(2)5-4-6-11(16)17/h4-6H,3,7-8H2,1-2H3,(H,13,15). The van der Waals surface area contributed by atoms with E-state index in [0.717, 1.165) is 28.8 Å². The van der Waals surface area contributed by atoms with Gasteiger partial charge < -0.3 is 9.88 Å². The molecular formula is C12H16N4OS. The highest BCUT2D eigenvalue weighted by Crippen LogP contribution is 2.16. The molecule has 96 valence electrons. The van der Waals surface area contributed by atoms with Crippen LogP contribution < -0.4 is 10.9 Å².